The van der Waals surface area contributed by atoms with Gasteiger partial charge in [0.05, 0.1) is 18.3 Å². The SMILES string of the molecule is COc1ccc2c(C)cc3nnc(SCc4csc(-c5ccc(C(N)=O)cc5)n4)n3c2c1. The fourth-order valence-corrected chi connectivity index (χ4v) is 5.32. The molecular weight excluding hydrogens is 442 g/mol. The van der Waals surface area contributed by atoms with Crippen molar-refractivity contribution in [1.29, 1.82) is 0 Å². The maximum absolute atomic E-state index is 11.3. The van der Waals surface area contributed by atoms with Gasteiger partial charge in [-0.2, -0.15) is 0 Å². The van der Waals surface area contributed by atoms with Crippen LogP contribution in [0.2, 0.25) is 0 Å². The Morgan fingerprint density at radius 1 is 1.16 bits per heavy atom. The molecule has 0 aliphatic heterocycles. The Labute approximate surface area is 192 Å². The first-order valence-electron chi connectivity index (χ1n) is 9.83. The highest BCUT2D eigenvalue weighted by Gasteiger charge is 2.14. The van der Waals surface area contributed by atoms with Crippen LogP contribution in [0, 0.1) is 6.92 Å². The van der Waals surface area contributed by atoms with Crippen molar-refractivity contribution in [3.63, 3.8) is 0 Å². The molecule has 2 N–H and O–H groups in total. The van der Waals surface area contributed by atoms with Gasteiger partial charge in [-0.05, 0) is 42.8 Å². The zero-order valence-electron chi connectivity index (χ0n) is 17.4. The molecule has 3 heterocycles. The summed E-state index contributed by atoms with van der Waals surface area (Å²) in [6.07, 6.45) is 0. The van der Waals surface area contributed by atoms with E-state index in [0.29, 0.717) is 11.3 Å². The van der Waals surface area contributed by atoms with E-state index in [1.165, 1.54) is 0 Å². The second-order valence-electron chi connectivity index (χ2n) is 7.26. The Kier molecular flexibility index (Phi) is 5.28. The van der Waals surface area contributed by atoms with Crippen LogP contribution in [0.5, 0.6) is 5.75 Å². The number of rotatable bonds is 6. The van der Waals surface area contributed by atoms with Gasteiger partial charge >= 0.3 is 0 Å². The number of carbonyl (C=O) groups excluding carboxylic acids is 1. The molecule has 5 rings (SSSR count). The van der Waals surface area contributed by atoms with Crippen molar-refractivity contribution in [1.82, 2.24) is 19.6 Å². The van der Waals surface area contributed by atoms with Crippen LogP contribution in [0.25, 0.3) is 27.1 Å². The molecule has 9 heteroatoms. The third-order valence-corrected chi connectivity index (χ3v) is 7.09. The summed E-state index contributed by atoms with van der Waals surface area (Å²) in [5, 5.41) is 13.7. The lowest BCUT2D eigenvalue weighted by molar-refractivity contribution is 0.100. The van der Waals surface area contributed by atoms with Gasteiger partial charge in [0.2, 0.25) is 5.91 Å². The molecule has 0 aliphatic rings. The van der Waals surface area contributed by atoms with E-state index in [2.05, 4.69) is 27.6 Å². The first-order chi connectivity index (χ1) is 15.5. The van der Waals surface area contributed by atoms with Gasteiger partial charge in [-0.1, -0.05) is 23.9 Å². The molecule has 3 aromatic heterocycles. The smallest absolute Gasteiger partial charge is 0.248 e. The Balaban J connectivity index is 1.42. The normalized spacial score (nSPS) is 11.3. The van der Waals surface area contributed by atoms with Gasteiger partial charge in [0, 0.05) is 33.7 Å². The van der Waals surface area contributed by atoms with E-state index in [0.717, 1.165) is 49.3 Å². The van der Waals surface area contributed by atoms with Crippen molar-refractivity contribution >= 4 is 45.6 Å². The molecule has 0 radical (unpaired) electrons. The van der Waals surface area contributed by atoms with E-state index >= 15 is 0 Å². The molecule has 0 saturated heterocycles. The molecule has 7 nitrogen and oxygen atoms in total. The van der Waals surface area contributed by atoms with Crippen LogP contribution in [-0.4, -0.2) is 32.6 Å². The molecule has 160 valence electrons. The molecule has 5 aromatic rings. The van der Waals surface area contributed by atoms with Crippen molar-refractivity contribution in [2.45, 2.75) is 17.8 Å². The van der Waals surface area contributed by atoms with Gasteiger partial charge in [-0.15, -0.1) is 21.5 Å². The van der Waals surface area contributed by atoms with E-state index in [1.807, 2.05) is 35.7 Å². The first-order valence-corrected chi connectivity index (χ1v) is 11.7. The maximum atomic E-state index is 11.3. The molecule has 32 heavy (non-hydrogen) atoms. The Morgan fingerprint density at radius 3 is 2.72 bits per heavy atom. The molecular formula is C23H19N5O2S2. The molecule has 2 aromatic carbocycles. The zero-order chi connectivity index (χ0) is 22.2. The van der Waals surface area contributed by atoms with Crippen LogP contribution in [0.15, 0.2) is 59.1 Å². The first kappa shape index (κ1) is 20.5. The highest BCUT2D eigenvalue weighted by molar-refractivity contribution is 7.98. The van der Waals surface area contributed by atoms with E-state index in [9.17, 15) is 4.79 Å². The number of ether oxygens (including phenoxy) is 1. The van der Waals surface area contributed by atoms with Crippen molar-refractivity contribution in [3.05, 3.63) is 70.7 Å². The van der Waals surface area contributed by atoms with Gasteiger partial charge in [0.15, 0.2) is 10.8 Å². The lowest BCUT2D eigenvalue weighted by Gasteiger charge is -2.09. The van der Waals surface area contributed by atoms with Crippen LogP contribution < -0.4 is 10.5 Å². The fourth-order valence-electron chi connectivity index (χ4n) is 3.54. The third-order valence-electron chi connectivity index (χ3n) is 5.19. The number of carbonyl (C=O) groups is 1. The number of nitrogens with zero attached hydrogens (tertiary/aromatic N) is 4. The van der Waals surface area contributed by atoms with Crippen molar-refractivity contribution in [2.75, 3.05) is 7.11 Å². The molecule has 0 aliphatic carbocycles. The van der Waals surface area contributed by atoms with Crippen LogP contribution in [0.1, 0.15) is 21.6 Å². The van der Waals surface area contributed by atoms with Crippen LogP contribution >= 0.6 is 23.1 Å². The van der Waals surface area contributed by atoms with Crippen LogP contribution in [0.4, 0.5) is 0 Å². The summed E-state index contributed by atoms with van der Waals surface area (Å²) >= 11 is 3.16. The Hall–Kier alpha value is -3.43. The number of nitrogens with two attached hydrogens (primary N) is 1. The number of thiazole rings is 1. The summed E-state index contributed by atoms with van der Waals surface area (Å²) in [7, 11) is 1.66. The number of fused-ring (bicyclic) bond motifs is 3. The number of aromatic nitrogens is 4. The molecule has 1 amide bonds. The summed E-state index contributed by atoms with van der Waals surface area (Å²) in [6, 6.07) is 15.3. The largest absolute Gasteiger partial charge is 0.497 e. The summed E-state index contributed by atoms with van der Waals surface area (Å²) < 4.78 is 7.49. The number of hydrogen-bond acceptors (Lipinski definition) is 7. The van der Waals surface area contributed by atoms with Crippen LogP contribution in [0.3, 0.4) is 0 Å². The highest BCUT2D eigenvalue weighted by atomic mass is 32.2. The molecule has 0 spiro atoms. The summed E-state index contributed by atoms with van der Waals surface area (Å²) in [5.74, 6) is 1.02. The van der Waals surface area contributed by atoms with Gasteiger partial charge in [0.1, 0.15) is 10.8 Å². The fraction of sp³-hybridized carbons (Fsp3) is 0.130. The monoisotopic (exact) mass is 461 g/mol. The number of thioether (sulfide) groups is 1. The quantitative estimate of drug-likeness (QED) is 0.368. The Morgan fingerprint density at radius 2 is 1.97 bits per heavy atom. The second kappa shape index (κ2) is 8.25. The molecule has 0 fully saturated rings. The second-order valence-corrected chi connectivity index (χ2v) is 9.06. The zero-order valence-corrected chi connectivity index (χ0v) is 19.0. The van der Waals surface area contributed by atoms with E-state index < -0.39 is 5.91 Å². The predicted octanol–water partition coefficient (Wildman–Crippen LogP) is 4.71. The summed E-state index contributed by atoms with van der Waals surface area (Å²) in [4.78, 5) is 16.0. The van der Waals surface area contributed by atoms with E-state index in [1.54, 1.807) is 42.3 Å². The minimum Gasteiger partial charge on any atom is -0.497 e. The number of aryl methyl sites for hydroxylation is 1. The van der Waals surface area contributed by atoms with E-state index in [4.69, 9.17) is 15.5 Å². The van der Waals surface area contributed by atoms with Crippen molar-refractivity contribution in [3.8, 4) is 16.3 Å². The third kappa shape index (κ3) is 3.69. The highest BCUT2D eigenvalue weighted by Crippen LogP contribution is 2.31. The number of hydrogen-bond donors (Lipinski definition) is 1. The van der Waals surface area contributed by atoms with Gasteiger partial charge in [0.25, 0.3) is 0 Å². The number of primary amides is 1. The minimum absolute atomic E-state index is 0.436. The van der Waals surface area contributed by atoms with Gasteiger partial charge in [-0.25, -0.2) is 4.98 Å². The molecule has 0 unspecified atom stereocenters. The summed E-state index contributed by atoms with van der Waals surface area (Å²) in [6.45, 7) is 2.07. The van der Waals surface area contributed by atoms with Crippen molar-refractivity contribution < 1.29 is 9.53 Å². The van der Waals surface area contributed by atoms with Gasteiger partial charge in [-0.3, -0.25) is 9.20 Å². The molecule has 0 bridgehead atoms. The lowest BCUT2D eigenvalue weighted by Crippen LogP contribution is -2.10. The number of amides is 1. The topological polar surface area (TPSA) is 95.4 Å². The van der Waals surface area contributed by atoms with E-state index in [-0.39, 0.29) is 0 Å². The van der Waals surface area contributed by atoms with Gasteiger partial charge < -0.3 is 10.5 Å². The molecule has 0 saturated carbocycles. The maximum Gasteiger partial charge on any atom is 0.248 e. The van der Waals surface area contributed by atoms with Crippen molar-refractivity contribution in [2.24, 2.45) is 5.73 Å². The Bertz CT molecular complexity index is 1460. The lowest BCUT2D eigenvalue weighted by atomic mass is 10.1. The predicted molar refractivity (Wildman–Crippen MR) is 127 cm³/mol. The number of pyridine rings is 1. The number of methoxy groups -OCH3 is 1. The average molecular weight is 462 g/mol. The standard InChI is InChI=1S/C23H19N5O2S2/c1-13-9-20-26-27-23(28(20)19-10-17(30-2)7-8-18(13)19)32-12-16-11-31-22(25-16)15-5-3-14(4-6-15)21(24)29/h3-11H,12H2,1-2H3,(H2,24,29). The minimum atomic E-state index is -0.436. The number of benzene rings is 2. The van der Waals surface area contributed by atoms with Crippen LogP contribution in [-0.2, 0) is 5.75 Å². The summed E-state index contributed by atoms with van der Waals surface area (Å²) in [5.41, 5.74) is 10.7. The average Bonchev–Trinajstić information content (AvgIpc) is 3.44. The molecule has 0 atom stereocenters.